The molecule has 0 aliphatic heterocycles. The Balaban J connectivity index is 2.70. The highest BCUT2D eigenvalue weighted by atomic mass is 32.1. The molecule has 0 saturated heterocycles. The summed E-state index contributed by atoms with van der Waals surface area (Å²) >= 11 is 1.31. The summed E-state index contributed by atoms with van der Waals surface area (Å²) in [4.78, 5) is 13.1. The van der Waals surface area contributed by atoms with Crippen LogP contribution in [-0.4, -0.2) is 21.2 Å². The van der Waals surface area contributed by atoms with E-state index >= 15 is 0 Å². The Hall–Kier alpha value is -1.49. The molecule has 3 N–H and O–H groups in total. The summed E-state index contributed by atoms with van der Waals surface area (Å²) in [5, 5.41) is 19.3. The number of rotatable bonds is 1. The van der Waals surface area contributed by atoms with Crippen molar-refractivity contribution in [2.45, 2.75) is 0 Å². The number of H-pyrrole nitrogens is 1. The van der Waals surface area contributed by atoms with E-state index in [2.05, 4.69) is 4.98 Å². The van der Waals surface area contributed by atoms with Crippen LogP contribution < -0.4 is 0 Å². The van der Waals surface area contributed by atoms with Gasteiger partial charge in [-0.2, -0.15) is 0 Å². The Bertz CT molecular complexity index is 442. The number of hydrogen-bond acceptors (Lipinski definition) is 3. The Labute approximate surface area is 71.1 Å². The maximum absolute atomic E-state index is 10.5. The van der Waals surface area contributed by atoms with Gasteiger partial charge >= 0.3 is 5.97 Å². The maximum Gasteiger partial charge on any atom is 0.352 e. The lowest BCUT2D eigenvalue weighted by molar-refractivity contribution is 0.0691. The van der Waals surface area contributed by atoms with Gasteiger partial charge in [0.05, 0.1) is 10.2 Å². The number of nitrogens with one attached hydrogen (secondary N) is 1. The smallest absolute Gasteiger partial charge is 0.352 e. The minimum Gasteiger partial charge on any atom is -0.505 e. The number of fused-ring (bicyclic) bond motifs is 1. The zero-order chi connectivity index (χ0) is 8.72. The summed E-state index contributed by atoms with van der Waals surface area (Å²) in [7, 11) is 0. The van der Waals surface area contributed by atoms with E-state index in [0.717, 1.165) is 4.70 Å². The number of carboxylic acids is 1. The summed E-state index contributed by atoms with van der Waals surface area (Å²) < 4.78 is 0.755. The van der Waals surface area contributed by atoms with Crippen LogP contribution in [0.4, 0.5) is 0 Å². The highest BCUT2D eigenvalue weighted by molar-refractivity contribution is 7.17. The third-order valence-electron chi connectivity index (χ3n) is 1.57. The number of carboxylic acid groups (broad SMARTS) is 1. The highest BCUT2D eigenvalue weighted by Crippen LogP contribution is 2.30. The van der Waals surface area contributed by atoms with Gasteiger partial charge in [-0.3, -0.25) is 0 Å². The van der Waals surface area contributed by atoms with Crippen LogP contribution in [0.3, 0.4) is 0 Å². The van der Waals surface area contributed by atoms with Gasteiger partial charge in [0, 0.05) is 5.38 Å². The number of hydrogen-bond donors (Lipinski definition) is 3. The molecule has 0 spiro atoms. The number of aromatic hydroxyl groups is 1. The van der Waals surface area contributed by atoms with Crippen molar-refractivity contribution >= 4 is 27.5 Å². The summed E-state index contributed by atoms with van der Waals surface area (Å²) in [6.07, 6.45) is 0. The molecule has 0 aromatic carbocycles. The molecule has 2 aromatic heterocycles. The van der Waals surface area contributed by atoms with Crippen molar-refractivity contribution in [1.82, 2.24) is 4.98 Å². The average Bonchev–Trinajstić information content (AvgIpc) is 2.53. The third kappa shape index (κ3) is 0.868. The maximum atomic E-state index is 10.5. The SMILES string of the molecule is O=C(O)c1cc2scc(O)c2[nH]1. The van der Waals surface area contributed by atoms with E-state index in [0.29, 0.717) is 5.52 Å². The molecule has 0 bridgehead atoms. The van der Waals surface area contributed by atoms with Crippen LogP contribution in [0, 0.1) is 0 Å². The van der Waals surface area contributed by atoms with Crippen LogP contribution in [0.1, 0.15) is 10.5 Å². The van der Waals surface area contributed by atoms with Crippen molar-refractivity contribution in [3.05, 3.63) is 17.1 Å². The molecule has 4 nitrogen and oxygen atoms in total. The normalized spacial score (nSPS) is 10.7. The lowest BCUT2D eigenvalue weighted by Gasteiger charge is -1.84. The molecular formula is C7H5NO3S. The number of aromatic nitrogens is 1. The zero-order valence-corrected chi connectivity index (χ0v) is 6.68. The molecule has 2 aromatic rings. The minimum absolute atomic E-state index is 0.0995. The van der Waals surface area contributed by atoms with E-state index in [-0.39, 0.29) is 11.4 Å². The van der Waals surface area contributed by atoms with Gasteiger partial charge in [-0.05, 0) is 6.07 Å². The van der Waals surface area contributed by atoms with E-state index in [1.807, 2.05) is 0 Å². The van der Waals surface area contributed by atoms with Crippen LogP contribution in [0.2, 0.25) is 0 Å². The predicted octanol–water partition coefficient (Wildman–Crippen LogP) is 1.63. The fourth-order valence-electron chi connectivity index (χ4n) is 1.01. The zero-order valence-electron chi connectivity index (χ0n) is 5.87. The van der Waals surface area contributed by atoms with E-state index in [4.69, 9.17) is 5.11 Å². The van der Waals surface area contributed by atoms with Gasteiger partial charge in [0.15, 0.2) is 0 Å². The lowest BCUT2D eigenvalue weighted by atomic mass is 10.4. The van der Waals surface area contributed by atoms with Gasteiger partial charge in [-0.1, -0.05) is 0 Å². The van der Waals surface area contributed by atoms with Gasteiger partial charge in [0.25, 0.3) is 0 Å². The van der Waals surface area contributed by atoms with Gasteiger partial charge in [-0.15, -0.1) is 11.3 Å². The second-order valence-corrected chi connectivity index (χ2v) is 3.26. The van der Waals surface area contributed by atoms with Crippen molar-refractivity contribution < 1.29 is 15.0 Å². The monoisotopic (exact) mass is 183 g/mol. The van der Waals surface area contributed by atoms with Gasteiger partial charge < -0.3 is 15.2 Å². The summed E-state index contributed by atoms with van der Waals surface area (Å²) in [5.41, 5.74) is 0.601. The number of thiophene rings is 1. The Morgan fingerprint density at radius 3 is 2.92 bits per heavy atom. The summed E-state index contributed by atoms with van der Waals surface area (Å²) in [6, 6.07) is 1.50. The molecule has 2 rings (SSSR count). The molecule has 0 radical (unpaired) electrons. The Morgan fingerprint density at radius 1 is 1.58 bits per heavy atom. The highest BCUT2D eigenvalue weighted by Gasteiger charge is 2.10. The average molecular weight is 183 g/mol. The number of carbonyl (C=O) groups is 1. The van der Waals surface area contributed by atoms with Crippen molar-refractivity contribution in [3.63, 3.8) is 0 Å². The van der Waals surface area contributed by atoms with Crippen LogP contribution >= 0.6 is 11.3 Å². The Kier molecular flexibility index (Phi) is 1.34. The topological polar surface area (TPSA) is 73.3 Å². The first-order valence-electron chi connectivity index (χ1n) is 3.21. The quantitative estimate of drug-likeness (QED) is 0.629. The molecule has 5 heteroatoms. The molecular weight excluding hydrogens is 178 g/mol. The minimum atomic E-state index is -1.02. The van der Waals surface area contributed by atoms with Crippen molar-refractivity contribution in [2.75, 3.05) is 0 Å². The van der Waals surface area contributed by atoms with Crippen molar-refractivity contribution in [1.29, 1.82) is 0 Å². The third-order valence-corrected chi connectivity index (χ3v) is 2.48. The molecule has 0 unspecified atom stereocenters. The van der Waals surface area contributed by atoms with E-state index < -0.39 is 5.97 Å². The second-order valence-electron chi connectivity index (χ2n) is 2.35. The molecule has 12 heavy (non-hydrogen) atoms. The molecule has 0 atom stereocenters. The summed E-state index contributed by atoms with van der Waals surface area (Å²) in [6.45, 7) is 0. The van der Waals surface area contributed by atoms with Crippen molar-refractivity contribution in [3.8, 4) is 5.75 Å². The first kappa shape index (κ1) is 7.17. The van der Waals surface area contributed by atoms with Crippen LogP contribution in [0.15, 0.2) is 11.4 Å². The fraction of sp³-hybridized carbons (Fsp3) is 0. The first-order valence-corrected chi connectivity index (χ1v) is 4.09. The number of aromatic carboxylic acids is 1. The molecule has 0 aliphatic carbocycles. The van der Waals surface area contributed by atoms with Crippen molar-refractivity contribution in [2.24, 2.45) is 0 Å². The largest absolute Gasteiger partial charge is 0.505 e. The van der Waals surface area contributed by atoms with Crippen LogP contribution in [0.25, 0.3) is 10.2 Å². The van der Waals surface area contributed by atoms with Crippen LogP contribution in [-0.2, 0) is 0 Å². The van der Waals surface area contributed by atoms with Gasteiger partial charge in [-0.25, -0.2) is 4.79 Å². The molecule has 0 fully saturated rings. The molecule has 62 valence electrons. The van der Waals surface area contributed by atoms with Crippen LogP contribution in [0.5, 0.6) is 5.75 Å². The Morgan fingerprint density at radius 2 is 2.33 bits per heavy atom. The fourth-order valence-corrected chi connectivity index (χ4v) is 1.83. The summed E-state index contributed by atoms with van der Waals surface area (Å²) in [5.74, 6) is -0.916. The standard InChI is InChI=1S/C7H5NO3S/c9-4-2-12-5-1-3(7(10)11)8-6(4)5/h1-2,8-9H,(H,10,11). The van der Waals surface area contributed by atoms with E-state index in [1.165, 1.54) is 17.4 Å². The van der Waals surface area contributed by atoms with Gasteiger partial charge in [0.1, 0.15) is 11.4 Å². The van der Waals surface area contributed by atoms with E-state index in [9.17, 15) is 9.90 Å². The first-order chi connectivity index (χ1) is 5.68. The molecule has 0 aliphatic rings. The van der Waals surface area contributed by atoms with E-state index in [1.54, 1.807) is 5.38 Å². The molecule has 0 amide bonds. The molecule has 2 heterocycles. The molecule has 0 saturated carbocycles. The van der Waals surface area contributed by atoms with Gasteiger partial charge in [0.2, 0.25) is 0 Å². The number of aromatic amines is 1. The lowest BCUT2D eigenvalue weighted by Crippen LogP contribution is -1.94. The second kappa shape index (κ2) is 2.25. The predicted molar refractivity (Wildman–Crippen MR) is 44.8 cm³/mol.